The normalized spacial score (nSPS) is 29.8. The first-order valence-electron chi connectivity index (χ1n) is 12.1. The van der Waals surface area contributed by atoms with Crippen LogP contribution in [-0.4, -0.2) is 40.8 Å². The summed E-state index contributed by atoms with van der Waals surface area (Å²) in [5.41, 5.74) is -1.34. The third kappa shape index (κ3) is 3.20. The van der Waals surface area contributed by atoms with Gasteiger partial charge in [0.1, 0.15) is 17.4 Å². The third-order valence-corrected chi connectivity index (χ3v) is 8.13. The van der Waals surface area contributed by atoms with Crippen LogP contribution in [0.2, 0.25) is 0 Å². The molecule has 0 aliphatic carbocycles. The number of aliphatic hydroxyl groups excluding tert-OH is 1. The molecule has 5 atom stereocenters. The summed E-state index contributed by atoms with van der Waals surface area (Å²) in [5.74, 6) is -2.06. The van der Waals surface area contributed by atoms with Crippen LogP contribution in [0.1, 0.15) is 30.9 Å². The Bertz CT molecular complexity index is 1560. The molecule has 37 heavy (non-hydrogen) atoms. The molecule has 2 amide bonds. The zero-order chi connectivity index (χ0) is 25.9. The summed E-state index contributed by atoms with van der Waals surface area (Å²) in [6, 6.07) is 21.8. The van der Waals surface area contributed by atoms with Gasteiger partial charge >= 0.3 is 0 Å². The molecule has 1 N–H and O–H groups in total. The highest BCUT2D eigenvalue weighted by atomic mass is 16.6. The van der Waals surface area contributed by atoms with Gasteiger partial charge in [-0.05, 0) is 36.6 Å². The first-order chi connectivity index (χ1) is 17.8. The van der Waals surface area contributed by atoms with Crippen molar-refractivity contribution in [2.75, 3.05) is 11.5 Å². The zero-order valence-corrected chi connectivity index (χ0v) is 20.0. The lowest BCUT2D eigenvalue weighted by Gasteiger charge is -2.33. The maximum atomic E-state index is 13.9. The van der Waals surface area contributed by atoms with E-state index in [0.717, 1.165) is 10.3 Å². The summed E-state index contributed by atoms with van der Waals surface area (Å²) in [6.45, 7) is 1.85. The van der Waals surface area contributed by atoms with Crippen LogP contribution in [0.25, 0.3) is 10.8 Å². The smallest absolute Gasteiger partial charge is 0.240 e. The van der Waals surface area contributed by atoms with Crippen molar-refractivity contribution in [3.8, 4) is 17.9 Å². The van der Waals surface area contributed by atoms with Crippen molar-refractivity contribution >= 4 is 28.3 Å². The number of nitrogens with zero attached hydrogens (tertiary/aromatic N) is 3. The molecule has 3 aromatic carbocycles. The van der Waals surface area contributed by atoms with Crippen molar-refractivity contribution in [3.05, 3.63) is 71.8 Å². The molecule has 3 fully saturated rings. The number of carbonyl (C=O) groups excluding carboxylic acids is 2. The van der Waals surface area contributed by atoms with Crippen molar-refractivity contribution in [2.24, 2.45) is 11.8 Å². The van der Waals surface area contributed by atoms with Gasteiger partial charge in [-0.1, -0.05) is 36.4 Å². The average Bonchev–Trinajstić information content (AvgIpc) is 3.44. The Morgan fingerprint density at radius 3 is 2.62 bits per heavy atom. The molecule has 184 valence electrons. The summed E-state index contributed by atoms with van der Waals surface area (Å²) in [6.07, 6.45) is -0.464. The second-order valence-electron chi connectivity index (χ2n) is 10.1. The fourth-order valence-electron chi connectivity index (χ4n) is 6.42. The van der Waals surface area contributed by atoms with Gasteiger partial charge in [0.2, 0.25) is 11.8 Å². The van der Waals surface area contributed by atoms with E-state index in [2.05, 4.69) is 12.1 Å². The fourth-order valence-corrected chi connectivity index (χ4v) is 6.42. The summed E-state index contributed by atoms with van der Waals surface area (Å²) < 4.78 is 12.2. The molecular weight excluding hydrogens is 470 g/mol. The number of ether oxygens (including phenoxy) is 2. The predicted molar refractivity (Wildman–Crippen MR) is 132 cm³/mol. The zero-order valence-electron chi connectivity index (χ0n) is 20.0. The van der Waals surface area contributed by atoms with E-state index in [4.69, 9.17) is 14.7 Å². The lowest BCUT2D eigenvalue weighted by atomic mass is 9.66. The fraction of sp³-hybridized carbons (Fsp3) is 0.310. The summed E-state index contributed by atoms with van der Waals surface area (Å²) in [4.78, 5) is 28.8. The SMILES string of the molecule is CC12OC(CCOc3cccc(C#N)c3)(CC1O)C1C(=O)N(c3ccc4ccccc4c3C#N)C(=O)C12. The molecule has 0 aromatic heterocycles. The van der Waals surface area contributed by atoms with Gasteiger partial charge < -0.3 is 14.6 Å². The van der Waals surface area contributed by atoms with E-state index < -0.39 is 41.0 Å². The molecule has 0 saturated carbocycles. The molecule has 3 aliphatic heterocycles. The van der Waals surface area contributed by atoms with E-state index in [0.29, 0.717) is 16.7 Å². The van der Waals surface area contributed by atoms with Gasteiger partial charge in [-0.3, -0.25) is 9.59 Å². The molecule has 3 aliphatic rings. The summed E-state index contributed by atoms with van der Waals surface area (Å²) in [7, 11) is 0. The van der Waals surface area contributed by atoms with Crippen LogP contribution in [0.3, 0.4) is 0 Å². The molecular formula is C29H23N3O5. The lowest BCUT2D eigenvalue weighted by molar-refractivity contribution is -0.134. The standard InChI is InChI=1S/C29H23N3O5/c1-28-23(33)14-29(37-28,11-12-36-19-7-4-5-17(13-19)15-30)25-24(28)26(34)32(27(25)35)22-10-9-18-6-2-3-8-20(18)21(22)16-31/h2-10,13,23-25,33H,11-12,14H2,1H3. The molecule has 8 nitrogen and oxygen atoms in total. The van der Waals surface area contributed by atoms with Crippen LogP contribution < -0.4 is 9.64 Å². The van der Waals surface area contributed by atoms with Crippen molar-refractivity contribution in [2.45, 2.75) is 37.1 Å². The maximum absolute atomic E-state index is 13.9. The van der Waals surface area contributed by atoms with Crippen LogP contribution in [0.15, 0.2) is 60.7 Å². The number of aliphatic hydroxyl groups is 1. The van der Waals surface area contributed by atoms with Crippen molar-refractivity contribution < 1.29 is 24.2 Å². The Balaban J connectivity index is 1.35. The van der Waals surface area contributed by atoms with E-state index in [9.17, 15) is 20.0 Å². The van der Waals surface area contributed by atoms with Crippen LogP contribution in [0, 0.1) is 34.5 Å². The van der Waals surface area contributed by atoms with E-state index in [-0.39, 0.29) is 30.7 Å². The van der Waals surface area contributed by atoms with Gasteiger partial charge in [0.05, 0.1) is 53.0 Å². The first kappa shape index (κ1) is 23.2. The van der Waals surface area contributed by atoms with E-state index in [1.54, 1.807) is 49.4 Å². The van der Waals surface area contributed by atoms with Crippen LogP contribution in [0.5, 0.6) is 5.75 Å². The Morgan fingerprint density at radius 2 is 1.84 bits per heavy atom. The molecule has 2 bridgehead atoms. The number of amides is 2. The molecule has 5 unspecified atom stereocenters. The summed E-state index contributed by atoms with van der Waals surface area (Å²) >= 11 is 0. The van der Waals surface area contributed by atoms with E-state index in [1.165, 1.54) is 0 Å². The number of imide groups is 1. The molecule has 3 heterocycles. The number of rotatable bonds is 5. The van der Waals surface area contributed by atoms with Crippen molar-refractivity contribution in [3.63, 3.8) is 0 Å². The number of hydrogen-bond donors (Lipinski definition) is 1. The highest BCUT2D eigenvalue weighted by Crippen LogP contribution is 2.62. The minimum Gasteiger partial charge on any atom is -0.493 e. The van der Waals surface area contributed by atoms with Crippen molar-refractivity contribution in [1.82, 2.24) is 0 Å². The van der Waals surface area contributed by atoms with Gasteiger partial charge in [-0.25, -0.2) is 4.90 Å². The monoisotopic (exact) mass is 493 g/mol. The van der Waals surface area contributed by atoms with Gasteiger partial charge in [0.25, 0.3) is 0 Å². The van der Waals surface area contributed by atoms with Crippen LogP contribution in [0.4, 0.5) is 5.69 Å². The third-order valence-electron chi connectivity index (χ3n) is 8.13. The summed E-state index contributed by atoms with van der Waals surface area (Å²) in [5, 5.41) is 31.5. The average molecular weight is 494 g/mol. The molecule has 0 radical (unpaired) electrons. The first-order valence-corrected chi connectivity index (χ1v) is 12.1. The number of hydrogen-bond acceptors (Lipinski definition) is 7. The largest absolute Gasteiger partial charge is 0.493 e. The number of nitriles is 2. The van der Waals surface area contributed by atoms with E-state index >= 15 is 0 Å². The number of fused-ring (bicyclic) bond motifs is 6. The second-order valence-corrected chi connectivity index (χ2v) is 10.1. The Kier molecular flexibility index (Phi) is 5.10. The highest BCUT2D eigenvalue weighted by molar-refractivity contribution is 6.24. The topological polar surface area (TPSA) is 124 Å². The highest BCUT2D eigenvalue weighted by Gasteiger charge is 2.77. The Morgan fingerprint density at radius 1 is 1.05 bits per heavy atom. The van der Waals surface area contributed by atoms with Crippen LogP contribution in [-0.2, 0) is 14.3 Å². The minimum atomic E-state index is -1.23. The Hall–Kier alpha value is -4.24. The molecule has 8 heteroatoms. The quantitative estimate of drug-likeness (QED) is 0.540. The number of benzene rings is 3. The number of anilines is 1. The minimum absolute atomic E-state index is 0.168. The second kappa shape index (κ2) is 8.14. The molecule has 3 saturated heterocycles. The lowest BCUT2D eigenvalue weighted by Crippen LogP contribution is -2.49. The molecule has 3 aromatic rings. The van der Waals surface area contributed by atoms with Gasteiger partial charge in [-0.2, -0.15) is 10.5 Å². The Labute approximate surface area is 213 Å². The molecule has 6 rings (SSSR count). The maximum Gasteiger partial charge on any atom is 0.240 e. The molecule has 0 spiro atoms. The van der Waals surface area contributed by atoms with Crippen LogP contribution >= 0.6 is 0 Å². The van der Waals surface area contributed by atoms with E-state index in [1.807, 2.05) is 18.2 Å². The predicted octanol–water partition coefficient (Wildman–Crippen LogP) is 3.45. The van der Waals surface area contributed by atoms with Crippen molar-refractivity contribution in [1.29, 1.82) is 10.5 Å². The van der Waals surface area contributed by atoms with Gasteiger partial charge in [0.15, 0.2) is 0 Å². The van der Waals surface area contributed by atoms with Gasteiger partial charge in [-0.15, -0.1) is 0 Å². The van der Waals surface area contributed by atoms with Gasteiger partial charge in [0, 0.05) is 18.2 Å². The number of carbonyl (C=O) groups is 2.